The van der Waals surface area contributed by atoms with E-state index in [1.807, 2.05) is 0 Å². The van der Waals surface area contributed by atoms with Gasteiger partial charge in [-0.2, -0.15) is 0 Å². The Kier molecular flexibility index (Phi) is 2.86. The van der Waals surface area contributed by atoms with Crippen molar-refractivity contribution in [1.82, 2.24) is 9.88 Å². The fourth-order valence-corrected chi connectivity index (χ4v) is 1.83. The number of carbonyl (C=O) groups excluding carboxylic acids is 1. The molecule has 0 aromatic carbocycles. The molecule has 0 saturated carbocycles. The summed E-state index contributed by atoms with van der Waals surface area (Å²) >= 11 is 5.89. The number of likely N-dealkylation sites (tertiary alicyclic amines) is 1. The predicted molar refractivity (Wildman–Crippen MR) is 54.4 cm³/mol. The summed E-state index contributed by atoms with van der Waals surface area (Å²) in [6.07, 6.45) is 1.84. The highest BCUT2D eigenvalue weighted by atomic mass is 35.5. The second-order valence-electron chi connectivity index (χ2n) is 3.50. The number of pyridine rings is 1. The first-order valence-electron chi connectivity index (χ1n) is 4.72. The molecule has 2 rings (SSSR count). The number of halogens is 2. The van der Waals surface area contributed by atoms with Gasteiger partial charge in [0.15, 0.2) is 0 Å². The van der Waals surface area contributed by atoms with Gasteiger partial charge in [0, 0.05) is 13.1 Å². The zero-order valence-electron chi connectivity index (χ0n) is 7.99. The molecule has 15 heavy (non-hydrogen) atoms. The largest absolute Gasteiger partial charge is 0.336 e. The molecule has 0 bridgehead atoms. The Morgan fingerprint density at radius 2 is 2.40 bits per heavy atom. The zero-order valence-corrected chi connectivity index (χ0v) is 8.75. The van der Waals surface area contributed by atoms with Crippen molar-refractivity contribution in [2.75, 3.05) is 13.1 Å². The standard InChI is InChI=1S/C10H10ClFN2O/c11-7-3-4-14(6-7)10(15)9-2-1-8(12)5-13-9/h1-2,5,7H,3-4,6H2. The molecule has 1 aromatic rings. The normalized spacial score (nSPS) is 20.7. The van der Waals surface area contributed by atoms with Gasteiger partial charge in [-0.25, -0.2) is 9.37 Å². The summed E-state index contributed by atoms with van der Waals surface area (Å²) in [6, 6.07) is 2.62. The maximum Gasteiger partial charge on any atom is 0.272 e. The van der Waals surface area contributed by atoms with Crippen LogP contribution >= 0.6 is 11.6 Å². The van der Waals surface area contributed by atoms with Crippen molar-refractivity contribution in [1.29, 1.82) is 0 Å². The highest BCUT2D eigenvalue weighted by Gasteiger charge is 2.25. The van der Waals surface area contributed by atoms with Gasteiger partial charge in [-0.1, -0.05) is 0 Å². The first kappa shape index (κ1) is 10.4. The second kappa shape index (κ2) is 4.14. The van der Waals surface area contributed by atoms with Crippen molar-refractivity contribution in [3.63, 3.8) is 0 Å². The molecule has 1 atom stereocenters. The third-order valence-corrected chi connectivity index (χ3v) is 2.72. The molecular weight excluding hydrogens is 219 g/mol. The van der Waals surface area contributed by atoms with Crippen molar-refractivity contribution in [2.45, 2.75) is 11.8 Å². The monoisotopic (exact) mass is 228 g/mol. The average molecular weight is 229 g/mol. The molecule has 0 N–H and O–H groups in total. The Hall–Kier alpha value is -1.16. The van der Waals surface area contributed by atoms with Crippen LogP contribution in [-0.4, -0.2) is 34.3 Å². The summed E-state index contributed by atoms with van der Waals surface area (Å²) < 4.78 is 12.6. The van der Waals surface area contributed by atoms with Gasteiger partial charge >= 0.3 is 0 Å². The van der Waals surface area contributed by atoms with E-state index in [2.05, 4.69) is 4.98 Å². The molecule has 1 saturated heterocycles. The van der Waals surface area contributed by atoms with Gasteiger partial charge in [-0.15, -0.1) is 11.6 Å². The smallest absolute Gasteiger partial charge is 0.272 e. The average Bonchev–Trinajstić information content (AvgIpc) is 2.65. The van der Waals surface area contributed by atoms with Crippen LogP contribution in [0.15, 0.2) is 18.3 Å². The lowest BCUT2D eigenvalue weighted by Gasteiger charge is -2.14. The van der Waals surface area contributed by atoms with E-state index in [1.54, 1.807) is 4.90 Å². The SMILES string of the molecule is O=C(c1ccc(F)cn1)N1CCC(Cl)C1. The third-order valence-electron chi connectivity index (χ3n) is 2.36. The fourth-order valence-electron chi connectivity index (χ4n) is 1.57. The second-order valence-corrected chi connectivity index (χ2v) is 4.12. The van der Waals surface area contributed by atoms with Crippen molar-refractivity contribution in [3.8, 4) is 0 Å². The number of nitrogens with zero attached hydrogens (tertiary/aromatic N) is 2. The van der Waals surface area contributed by atoms with Gasteiger partial charge in [-0.05, 0) is 18.6 Å². The lowest BCUT2D eigenvalue weighted by atomic mass is 10.3. The molecule has 1 amide bonds. The van der Waals surface area contributed by atoms with E-state index in [0.717, 1.165) is 12.6 Å². The minimum absolute atomic E-state index is 0.0226. The van der Waals surface area contributed by atoms with Crippen molar-refractivity contribution in [3.05, 3.63) is 29.8 Å². The molecule has 2 heterocycles. The van der Waals surface area contributed by atoms with Crippen LogP contribution in [0.25, 0.3) is 0 Å². The number of alkyl halides is 1. The summed E-state index contributed by atoms with van der Waals surface area (Å²) in [5.41, 5.74) is 0.266. The number of carbonyl (C=O) groups is 1. The molecule has 1 unspecified atom stereocenters. The maximum atomic E-state index is 12.6. The van der Waals surface area contributed by atoms with E-state index >= 15 is 0 Å². The molecule has 0 aliphatic carbocycles. The van der Waals surface area contributed by atoms with Crippen LogP contribution in [0.5, 0.6) is 0 Å². The molecule has 1 aromatic heterocycles. The Balaban J connectivity index is 2.11. The Morgan fingerprint density at radius 1 is 1.60 bits per heavy atom. The molecule has 1 aliphatic rings. The van der Waals surface area contributed by atoms with Gasteiger partial charge < -0.3 is 4.90 Å². The van der Waals surface area contributed by atoms with Crippen LogP contribution in [-0.2, 0) is 0 Å². The number of amides is 1. The van der Waals surface area contributed by atoms with Crippen molar-refractivity contribution >= 4 is 17.5 Å². The van der Waals surface area contributed by atoms with Crippen molar-refractivity contribution < 1.29 is 9.18 Å². The Labute approximate surface area is 91.9 Å². The van der Waals surface area contributed by atoms with Crippen LogP contribution < -0.4 is 0 Å². The summed E-state index contributed by atoms with van der Waals surface area (Å²) in [4.78, 5) is 17.2. The first-order chi connectivity index (χ1) is 7.16. The Morgan fingerprint density at radius 3 is 2.93 bits per heavy atom. The van der Waals surface area contributed by atoms with Crippen molar-refractivity contribution in [2.24, 2.45) is 0 Å². The van der Waals surface area contributed by atoms with Gasteiger partial charge in [0.2, 0.25) is 0 Å². The molecular formula is C10H10ClFN2O. The predicted octanol–water partition coefficient (Wildman–Crippen LogP) is 1.67. The van der Waals surface area contributed by atoms with Gasteiger partial charge in [0.05, 0.1) is 11.6 Å². The topological polar surface area (TPSA) is 33.2 Å². The molecule has 1 fully saturated rings. The van der Waals surface area contributed by atoms with Gasteiger partial charge in [-0.3, -0.25) is 4.79 Å². The van der Waals surface area contributed by atoms with E-state index in [0.29, 0.717) is 13.1 Å². The highest BCUT2D eigenvalue weighted by Crippen LogP contribution is 2.16. The molecule has 1 aliphatic heterocycles. The maximum absolute atomic E-state index is 12.6. The third kappa shape index (κ3) is 2.26. The number of hydrogen-bond donors (Lipinski definition) is 0. The summed E-state index contributed by atoms with van der Waals surface area (Å²) in [5.74, 6) is -0.624. The van der Waals surface area contributed by atoms with Crippen LogP contribution in [0.2, 0.25) is 0 Å². The van der Waals surface area contributed by atoms with E-state index in [-0.39, 0.29) is 17.0 Å². The number of rotatable bonds is 1. The minimum Gasteiger partial charge on any atom is -0.336 e. The zero-order chi connectivity index (χ0) is 10.8. The lowest BCUT2D eigenvalue weighted by Crippen LogP contribution is -2.29. The summed E-state index contributed by atoms with van der Waals surface area (Å²) in [6.45, 7) is 1.19. The minimum atomic E-state index is -0.441. The van der Waals surface area contributed by atoms with E-state index in [4.69, 9.17) is 11.6 Å². The summed E-state index contributed by atoms with van der Waals surface area (Å²) in [5, 5.41) is 0.0226. The van der Waals surface area contributed by atoms with E-state index < -0.39 is 5.82 Å². The number of hydrogen-bond acceptors (Lipinski definition) is 2. The first-order valence-corrected chi connectivity index (χ1v) is 5.15. The van der Waals surface area contributed by atoms with Crippen LogP contribution in [0.1, 0.15) is 16.9 Å². The Bertz CT molecular complexity index is 368. The molecule has 80 valence electrons. The molecule has 5 heteroatoms. The van der Waals surface area contributed by atoms with Gasteiger partial charge in [0.1, 0.15) is 11.5 Å². The molecule has 0 spiro atoms. The van der Waals surface area contributed by atoms with Gasteiger partial charge in [0.25, 0.3) is 5.91 Å². The molecule has 3 nitrogen and oxygen atoms in total. The molecule has 0 radical (unpaired) electrons. The van der Waals surface area contributed by atoms with Crippen LogP contribution in [0.4, 0.5) is 4.39 Å². The highest BCUT2D eigenvalue weighted by molar-refractivity contribution is 6.21. The fraction of sp³-hybridized carbons (Fsp3) is 0.400. The van der Waals surface area contributed by atoms with E-state index in [1.165, 1.54) is 12.1 Å². The van der Waals surface area contributed by atoms with Crippen LogP contribution in [0, 0.1) is 5.82 Å². The quantitative estimate of drug-likeness (QED) is 0.686. The number of aromatic nitrogens is 1. The van der Waals surface area contributed by atoms with Crippen LogP contribution in [0.3, 0.4) is 0 Å². The lowest BCUT2D eigenvalue weighted by molar-refractivity contribution is 0.0787. The van der Waals surface area contributed by atoms with E-state index in [9.17, 15) is 9.18 Å². The summed E-state index contributed by atoms with van der Waals surface area (Å²) in [7, 11) is 0.